The van der Waals surface area contributed by atoms with Crippen LogP contribution in [0.5, 0.6) is 0 Å². The molecule has 0 aliphatic carbocycles. The van der Waals surface area contributed by atoms with Crippen LogP contribution < -0.4 is 10.6 Å². The van der Waals surface area contributed by atoms with E-state index in [-0.39, 0.29) is 11.0 Å². The Morgan fingerprint density at radius 2 is 1.95 bits per heavy atom. The summed E-state index contributed by atoms with van der Waals surface area (Å²) in [6, 6.07) is 12.9. The van der Waals surface area contributed by atoms with Crippen LogP contribution in [0.1, 0.15) is 15.9 Å². The second-order valence-corrected chi connectivity index (χ2v) is 5.68. The van der Waals surface area contributed by atoms with Crippen molar-refractivity contribution in [3.05, 3.63) is 53.6 Å². The first-order valence-corrected chi connectivity index (χ1v) is 7.67. The molecule has 1 aromatic heterocycles. The molecule has 5 nitrogen and oxygen atoms in total. The number of aryl methyl sites for hydroxylation is 1. The van der Waals surface area contributed by atoms with Gasteiger partial charge in [0.15, 0.2) is 5.11 Å². The van der Waals surface area contributed by atoms with Gasteiger partial charge in [-0.1, -0.05) is 12.1 Å². The highest BCUT2D eigenvalue weighted by Gasteiger charge is 2.10. The van der Waals surface area contributed by atoms with Crippen molar-refractivity contribution < 1.29 is 4.79 Å². The lowest BCUT2D eigenvalue weighted by Crippen LogP contribution is -2.34. The SMILES string of the molecule is Cc1cccc(NC(=S)NC(=O)c2ccc3nsnc3c2)c1. The Morgan fingerprint density at radius 1 is 1.14 bits per heavy atom. The summed E-state index contributed by atoms with van der Waals surface area (Å²) in [5, 5.41) is 5.90. The standard InChI is InChI=1S/C15H12N4OS2/c1-9-3-2-4-11(7-9)16-15(21)17-14(20)10-5-6-12-13(8-10)19-22-18-12/h2-8H,1H3,(H2,16,17,20,21). The molecular formula is C15H12N4OS2. The van der Waals surface area contributed by atoms with Crippen molar-refractivity contribution in [2.75, 3.05) is 5.32 Å². The van der Waals surface area contributed by atoms with Gasteiger partial charge < -0.3 is 5.32 Å². The largest absolute Gasteiger partial charge is 0.332 e. The summed E-state index contributed by atoms with van der Waals surface area (Å²) in [6.45, 7) is 1.99. The molecule has 0 bridgehead atoms. The van der Waals surface area contributed by atoms with Crippen molar-refractivity contribution in [2.45, 2.75) is 6.92 Å². The van der Waals surface area contributed by atoms with E-state index in [1.165, 1.54) is 0 Å². The number of carbonyl (C=O) groups excluding carboxylic acids is 1. The number of carbonyl (C=O) groups is 1. The zero-order valence-corrected chi connectivity index (χ0v) is 13.3. The fourth-order valence-corrected chi connectivity index (χ4v) is 2.71. The number of hydrogen-bond donors (Lipinski definition) is 2. The zero-order chi connectivity index (χ0) is 15.5. The first-order chi connectivity index (χ1) is 10.6. The summed E-state index contributed by atoms with van der Waals surface area (Å²) < 4.78 is 8.23. The van der Waals surface area contributed by atoms with Crippen LogP contribution in [0.2, 0.25) is 0 Å². The van der Waals surface area contributed by atoms with E-state index < -0.39 is 0 Å². The molecule has 3 rings (SSSR count). The smallest absolute Gasteiger partial charge is 0.257 e. The Bertz CT molecular complexity index is 859. The van der Waals surface area contributed by atoms with Gasteiger partial charge in [-0.05, 0) is 55.0 Å². The molecule has 0 radical (unpaired) electrons. The minimum absolute atomic E-state index is 0.257. The molecule has 0 unspecified atom stereocenters. The first kappa shape index (κ1) is 14.6. The number of aromatic nitrogens is 2. The summed E-state index contributed by atoms with van der Waals surface area (Å²) in [6.07, 6.45) is 0. The van der Waals surface area contributed by atoms with Gasteiger partial charge >= 0.3 is 0 Å². The van der Waals surface area contributed by atoms with Gasteiger partial charge in [-0.15, -0.1) is 0 Å². The number of hydrogen-bond acceptors (Lipinski definition) is 5. The second kappa shape index (κ2) is 6.17. The van der Waals surface area contributed by atoms with E-state index >= 15 is 0 Å². The zero-order valence-electron chi connectivity index (χ0n) is 11.7. The van der Waals surface area contributed by atoms with Crippen molar-refractivity contribution >= 4 is 51.7 Å². The molecule has 0 atom stereocenters. The molecule has 0 spiro atoms. The third-order valence-electron chi connectivity index (χ3n) is 3.02. The number of fused-ring (bicyclic) bond motifs is 1. The predicted molar refractivity (Wildman–Crippen MR) is 92.3 cm³/mol. The average Bonchev–Trinajstić information content (AvgIpc) is 2.94. The minimum Gasteiger partial charge on any atom is -0.332 e. The topological polar surface area (TPSA) is 66.9 Å². The predicted octanol–water partition coefficient (Wildman–Crippen LogP) is 3.13. The fraction of sp³-hybridized carbons (Fsp3) is 0.0667. The first-order valence-electron chi connectivity index (χ1n) is 6.53. The Balaban J connectivity index is 1.69. The number of amides is 1. The number of anilines is 1. The Kier molecular flexibility index (Phi) is 4.08. The highest BCUT2D eigenvalue weighted by molar-refractivity contribution is 7.80. The van der Waals surface area contributed by atoms with Crippen molar-refractivity contribution in [1.82, 2.24) is 14.1 Å². The molecule has 0 aliphatic rings. The van der Waals surface area contributed by atoms with Crippen molar-refractivity contribution in [2.24, 2.45) is 0 Å². The van der Waals surface area contributed by atoms with Gasteiger partial charge in [0.05, 0.1) is 11.7 Å². The number of thiocarbonyl (C=S) groups is 1. The molecule has 0 aliphatic heterocycles. The van der Waals surface area contributed by atoms with E-state index in [4.69, 9.17) is 12.2 Å². The average molecular weight is 328 g/mol. The van der Waals surface area contributed by atoms with Crippen LogP contribution >= 0.6 is 23.9 Å². The molecule has 2 N–H and O–H groups in total. The van der Waals surface area contributed by atoms with Crippen molar-refractivity contribution in [1.29, 1.82) is 0 Å². The second-order valence-electron chi connectivity index (χ2n) is 4.75. The lowest BCUT2D eigenvalue weighted by molar-refractivity contribution is 0.0978. The summed E-state index contributed by atoms with van der Waals surface area (Å²) >= 11 is 6.29. The van der Waals surface area contributed by atoms with Crippen LogP contribution in [-0.2, 0) is 0 Å². The van der Waals surface area contributed by atoms with E-state index in [0.717, 1.165) is 28.5 Å². The van der Waals surface area contributed by atoms with Gasteiger partial charge in [0.1, 0.15) is 11.0 Å². The molecule has 1 amide bonds. The van der Waals surface area contributed by atoms with E-state index in [1.54, 1.807) is 18.2 Å². The quantitative estimate of drug-likeness (QED) is 0.708. The number of benzene rings is 2. The van der Waals surface area contributed by atoms with Gasteiger partial charge in [-0.2, -0.15) is 8.75 Å². The van der Waals surface area contributed by atoms with Crippen LogP contribution in [0.4, 0.5) is 5.69 Å². The molecular weight excluding hydrogens is 316 g/mol. The highest BCUT2D eigenvalue weighted by Crippen LogP contribution is 2.14. The van der Waals surface area contributed by atoms with Crippen molar-refractivity contribution in [3.63, 3.8) is 0 Å². The Labute approximate surface area is 136 Å². The molecule has 7 heteroatoms. The fourth-order valence-electron chi connectivity index (χ4n) is 1.98. The van der Waals surface area contributed by atoms with E-state index in [0.29, 0.717) is 11.1 Å². The maximum Gasteiger partial charge on any atom is 0.257 e. The maximum absolute atomic E-state index is 12.2. The van der Waals surface area contributed by atoms with Gasteiger partial charge in [-0.3, -0.25) is 10.1 Å². The molecule has 0 saturated heterocycles. The van der Waals surface area contributed by atoms with Gasteiger partial charge in [0.25, 0.3) is 5.91 Å². The summed E-state index contributed by atoms with van der Waals surface area (Å²) in [5.74, 6) is -0.278. The van der Waals surface area contributed by atoms with Crippen LogP contribution in [0.3, 0.4) is 0 Å². The van der Waals surface area contributed by atoms with Crippen LogP contribution in [-0.4, -0.2) is 19.8 Å². The summed E-state index contributed by atoms with van der Waals surface area (Å²) in [5.41, 5.74) is 3.93. The monoisotopic (exact) mass is 328 g/mol. The summed E-state index contributed by atoms with van der Waals surface area (Å²) in [7, 11) is 0. The Morgan fingerprint density at radius 3 is 2.77 bits per heavy atom. The highest BCUT2D eigenvalue weighted by atomic mass is 32.1. The van der Waals surface area contributed by atoms with Gasteiger partial charge in [0.2, 0.25) is 0 Å². The van der Waals surface area contributed by atoms with E-state index in [1.807, 2.05) is 31.2 Å². The van der Waals surface area contributed by atoms with Crippen LogP contribution in [0, 0.1) is 6.92 Å². The maximum atomic E-state index is 12.2. The number of rotatable bonds is 2. The van der Waals surface area contributed by atoms with Crippen LogP contribution in [0.15, 0.2) is 42.5 Å². The number of nitrogens with one attached hydrogen (secondary N) is 2. The third-order valence-corrected chi connectivity index (χ3v) is 3.78. The normalized spacial score (nSPS) is 10.4. The molecule has 0 fully saturated rings. The van der Waals surface area contributed by atoms with E-state index in [9.17, 15) is 4.79 Å². The minimum atomic E-state index is -0.278. The van der Waals surface area contributed by atoms with Gasteiger partial charge in [0, 0.05) is 11.3 Å². The molecule has 3 aromatic rings. The third kappa shape index (κ3) is 3.26. The Hall–Kier alpha value is -2.38. The molecule has 0 saturated carbocycles. The lowest BCUT2D eigenvalue weighted by Gasteiger charge is -2.10. The van der Waals surface area contributed by atoms with Gasteiger partial charge in [-0.25, -0.2) is 0 Å². The molecule has 110 valence electrons. The summed E-state index contributed by atoms with van der Waals surface area (Å²) in [4.78, 5) is 12.2. The van der Waals surface area contributed by atoms with Crippen molar-refractivity contribution in [3.8, 4) is 0 Å². The molecule has 1 heterocycles. The molecule has 2 aromatic carbocycles. The molecule has 22 heavy (non-hydrogen) atoms. The van der Waals surface area contributed by atoms with E-state index in [2.05, 4.69) is 19.4 Å². The number of nitrogens with zero attached hydrogens (tertiary/aromatic N) is 2. The lowest BCUT2D eigenvalue weighted by atomic mass is 10.2. The van der Waals surface area contributed by atoms with Crippen LogP contribution in [0.25, 0.3) is 11.0 Å².